The van der Waals surface area contributed by atoms with E-state index in [2.05, 4.69) is 33.7 Å². The van der Waals surface area contributed by atoms with Crippen LogP contribution in [0.1, 0.15) is 38.2 Å². The van der Waals surface area contributed by atoms with Gasteiger partial charge in [0.25, 0.3) is 0 Å². The summed E-state index contributed by atoms with van der Waals surface area (Å²) in [6, 6.07) is 0.752. The molecule has 2 aliphatic heterocycles. The highest BCUT2D eigenvalue weighted by Gasteiger charge is 2.35. The third-order valence-corrected chi connectivity index (χ3v) is 5.34. The van der Waals surface area contributed by atoms with E-state index in [1.54, 1.807) is 6.33 Å². The molecule has 2 unspecified atom stereocenters. The molecule has 0 saturated carbocycles. The van der Waals surface area contributed by atoms with Crippen molar-refractivity contribution in [3.05, 3.63) is 17.0 Å². The summed E-state index contributed by atoms with van der Waals surface area (Å²) in [5.41, 5.74) is 1.13. The first-order valence-corrected chi connectivity index (χ1v) is 8.53. The Kier molecular flexibility index (Phi) is 4.65. The number of likely N-dealkylation sites (tertiary alicyclic amines) is 1. The van der Waals surface area contributed by atoms with Crippen molar-refractivity contribution >= 4 is 17.4 Å². The predicted molar refractivity (Wildman–Crippen MR) is 87.0 cm³/mol. The Labute approximate surface area is 132 Å². The van der Waals surface area contributed by atoms with Crippen molar-refractivity contribution in [2.45, 2.75) is 45.1 Å². The average molecular weight is 309 g/mol. The fourth-order valence-electron chi connectivity index (χ4n) is 3.96. The fraction of sp³-hybridized carbons (Fsp3) is 0.750. The quantitative estimate of drug-likeness (QED) is 0.804. The lowest BCUT2D eigenvalue weighted by molar-refractivity contribution is 0.102. The molecule has 21 heavy (non-hydrogen) atoms. The molecular formula is C16H25ClN4. The topological polar surface area (TPSA) is 32.3 Å². The van der Waals surface area contributed by atoms with Crippen LogP contribution in [0.3, 0.4) is 0 Å². The summed E-state index contributed by atoms with van der Waals surface area (Å²) in [6.07, 6.45) is 7.53. The second-order valence-corrected chi connectivity index (χ2v) is 6.76. The Morgan fingerprint density at radius 3 is 2.95 bits per heavy atom. The molecule has 2 atom stereocenters. The number of aromatic nitrogens is 2. The highest BCUT2D eigenvalue weighted by molar-refractivity contribution is 6.30. The molecule has 0 aromatic carbocycles. The van der Waals surface area contributed by atoms with Crippen LogP contribution < -0.4 is 4.90 Å². The zero-order valence-electron chi connectivity index (χ0n) is 13.1. The minimum absolute atomic E-state index is 0.629. The molecule has 116 valence electrons. The molecule has 1 aromatic heterocycles. The molecule has 5 heteroatoms. The van der Waals surface area contributed by atoms with Crippen molar-refractivity contribution in [1.82, 2.24) is 14.9 Å². The van der Waals surface area contributed by atoms with Gasteiger partial charge in [-0.25, -0.2) is 9.97 Å². The SMILES string of the molecule is CCCc1c(Cl)ncnc1N1CCC2C(CCCN2C)C1. The zero-order valence-corrected chi connectivity index (χ0v) is 13.8. The Morgan fingerprint density at radius 1 is 1.29 bits per heavy atom. The third-order valence-electron chi connectivity index (χ3n) is 5.02. The maximum atomic E-state index is 6.30. The molecule has 0 spiro atoms. The van der Waals surface area contributed by atoms with E-state index in [0.29, 0.717) is 5.15 Å². The van der Waals surface area contributed by atoms with Gasteiger partial charge in [0.2, 0.25) is 0 Å². The molecule has 0 N–H and O–H groups in total. The lowest BCUT2D eigenvalue weighted by Crippen LogP contribution is -2.53. The van der Waals surface area contributed by atoms with Gasteiger partial charge in [-0.15, -0.1) is 0 Å². The van der Waals surface area contributed by atoms with E-state index in [9.17, 15) is 0 Å². The number of hydrogen-bond acceptors (Lipinski definition) is 4. The molecule has 0 bridgehead atoms. The van der Waals surface area contributed by atoms with Gasteiger partial charge in [-0.3, -0.25) is 0 Å². The van der Waals surface area contributed by atoms with Crippen LogP contribution in [0.2, 0.25) is 5.15 Å². The van der Waals surface area contributed by atoms with Gasteiger partial charge in [-0.1, -0.05) is 24.9 Å². The van der Waals surface area contributed by atoms with Crippen molar-refractivity contribution in [2.75, 3.05) is 31.6 Å². The summed E-state index contributed by atoms with van der Waals surface area (Å²) in [5, 5.41) is 0.629. The monoisotopic (exact) mass is 308 g/mol. The number of halogens is 1. The minimum Gasteiger partial charge on any atom is -0.356 e. The van der Waals surface area contributed by atoms with Crippen molar-refractivity contribution in [3.63, 3.8) is 0 Å². The third kappa shape index (κ3) is 3.02. The summed E-state index contributed by atoms with van der Waals surface area (Å²) >= 11 is 6.30. The van der Waals surface area contributed by atoms with E-state index >= 15 is 0 Å². The van der Waals surface area contributed by atoms with Gasteiger partial charge >= 0.3 is 0 Å². The van der Waals surface area contributed by atoms with Crippen molar-refractivity contribution in [3.8, 4) is 0 Å². The predicted octanol–water partition coefficient (Wildman–Crippen LogP) is 3.00. The van der Waals surface area contributed by atoms with E-state index in [4.69, 9.17) is 11.6 Å². The van der Waals surface area contributed by atoms with E-state index in [1.807, 2.05) is 0 Å². The molecule has 4 nitrogen and oxygen atoms in total. The van der Waals surface area contributed by atoms with Crippen molar-refractivity contribution < 1.29 is 0 Å². The molecule has 0 amide bonds. The maximum absolute atomic E-state index is 6.30. The molecule has 2 fully saturated rings. The van der Waals surface area contributed by atoms with Crippen LogP contribution in [0, 0.1) is 5.92 Å². The van der Waals surface area contributed by atoms with E-state index < -0.39 is 0 Å². The fourth-order valence-corrected chi connectivity index (χ4v) is 4.19. The van der Waals surface area contributed by atoms with E-state index in [-0.39, 0.29) is 0 Å². The molecule has 1 aromatic rings. The Morgan fingerprint density at radius 2 is 2.14 bits per heavy atom. The molecule has 2 saturated heterocycles. The van der Waals surface area contributed by atoms with Gasteiger partial charge in [-0.05, 0) is 45.2 Å². The van der Waals surface area contributed by atoms with Gasteiger partial charge in [0.05, 0.1) is 0 Å². The van der Waals surface area contributed by atoms with Crippen LogP contribution in [0.25, 0.3) is 0 Å². The second-order valence-electron chi connectivity index (χ2n) is 6.40. The highest BCUT2D eigenvalue weighted by Crippen LogP contribution is 2.33. The molecule has 0 aliphatic carbocycles. The van der Waals surface area contributed by atoms with Gasteiger partial charge in [0, 0.05) is 24.7 Å². The minimum atomic E-state index is 0.629. The molecule has 2 aliphatic rings. The Hall–Kier alpha value is -0.870. The zero-order chi connectivity index (χ0) is 14.8. The molecule has 3 rings (SSSR count). The molecule has 3 heterocycles. The Balaban J connectivity index is 1.81. The number of piperidine rings is 2. The molecule has 0 radical (unpaired) electrons. The lowest BCUT2D eigenvalue weighted by Gasteiger charge is -2.46. The van der Waals surface area contributed by atoms with Crippen LogP contribution in [0.4, 0.5) is 5.82 Å². The first-order chi connectivity index (χ1) is 10.2. The summed E-state index contributed by atoms with van der Waals surface area (Å²) in [7, 11) is 2.27. The van der Waals surface area contributed by atoms with Crippen molar-refractivity contribution in [2.24, 2.45) is 5.92 Å². The molecular weight excluding hydrogens is 284 g/mol. The Bertz CT molecular complexity index is 493. The number of hydrogen-bond donors (Lipinski definition) is 0. The summed E-state index contributed by atoms with van der Waals surface area (Å²) < 4.78 is 0. The van der Waals surface area contributed by atoms with Crippen molar-refractivity contribution in [1.29, 1.82) is 0 Å². The average Bonchev–Trinajstić information content (AvgIpc) is 2.49. The van der Waals surface area contributed by atoms with Gasteiger partial charge < -0.3 is 9.80 Å². The van der Waals surface area contributed by atoms with E-state index in [1.165, 1.54) is 25.8 Å². The number of fused-ring (bicyclic) bond motifs is 1. The standard InChI is InChI=1S/C16H25ClN4/c1-3-5-13-15(17)18-11-19-16(13)21-9-7-14-12(10-21)6-4-8-20(14)2/h11-12,14H,3-10H2,1-2H3. The maximum Gasteiger partial charge on any atom is 0.137 e. The second kappa shape index (κ2) is 6.49. The van der Waals surface area contributed by atoms with Crippen LogP contribution >= 0.6 is 11.6 Å². The van der Waals surface area contributed by atoms with Crippen LogP contribution in [-0.4, -0.2) is 47.6 Å². The number of rotatable bonds is 3. The largest absolute Gasteiger partial charge is 0.356 e. The summed E-state index contributed by atoms with van der Waals surface area (Å²) in [5.74, 6) is 1.84. The van der Waals surface area contributed by atoms with Crippen LogP contribution in [0.15, 0.2) is 6.33 Å². The summed E-state index contributed by atoms with van der Waals surface area (Å²) in [6.45, 7) is 5.62. The number of nitrogens with zero attached hydrogens (tertiary/aromatic N) is 4. The normalized spacial score (nSPS) is 26.7. The van der Waals surface area contributed by atoms with Gasteiger partial charge in [-0.2, -0.15) is 0 Å². The lowest BCUT2D eigenvalue weighted by atomic mass is 9.84. The van der Waals surface area contributed by atoms with Crippen LogP contribution in [-0.2, 0) is 6.42 Å². The van der Waals surface area contributed by atoms with E-state index in [0.717, 1.165) is 49.3 Å². The number of anilines is 1. The van der Waals surface area contributed by atoms with Gasteiger partial charge in [0.1, 0.15) is 17.3 Å². The first-order valence-electron chi connectivity index (χ1n) is 8.15. The summed E-state index contributed by atoms with van der Waals surface area (Å²) in [4.78, 5) is 13.7. The van der Waals surface area contributed by atoms with Gasteiger partial charge in [0.15, 0.2) is 0 Å². The smallest absolute Gasteiger partial charge is 0.137 e. The van der Waals surface area contributed by atoms with Crippen LogP contribution in [0.5, 0.6) is 0 Å². The first kappa shape index (κ1) is 15.0. The highest BCUT2D eigenvalue weighted by atomic mass is 35.5.